The molecule has 4 heterocycles. The monoisotopic (exact) mass is 496 g/mol. The average Bonchev–Trinajstić information content (AvgIpc) is 3.63. The Bertz CT molecular complexity index is 2660. The van der Waals surface area contributed by atoms with Gasteiger partial charge in [-0.1, -0.05) is 84.9 Å². The van der Waals surface area contributed by atoms with Crippen LogP contribution in [0.3, 0.4) is 0 Å². The van der Waals surface area contributed by atoms with E-state index in [1.54, 1.807) is 0 Å². The van der Waals surface area contributed by atoms with E-state index in [4.69, 9.17) is 4.42 Å². The van der Waals surface area contributed by atoms with Crippen LogP contribution in [0.25, 0.3) is 87.4 Å². The molecule has 0 fully saturated rings. The number of furan rings is 1. The lowest BCUT2D eigenvalue weighted by Crippen LogP contribution is -1.94. The quantitative estimate of drug-likeness (QED) is 0.205. The number of hydrogen-bond acceptors (Lipinski definition) is 1. The van der Waals surface area contributed by atoms with Crippen molar-refractivity contribution >= 4 is 87.4 Å². The lowest BCUT2D eigenvalue weighted by molar-refractivity contribution is 0.669. The summed E-state index contributed by atoms with van der Waals surface area (Å²) in [4.78, 5) is 0. The zero-order chi connectivity index (χ0) is 25.2. The standard InChI is InChI=1S/C36H20N2O/c1-4-15-29-21(9-1)24-12-7-13-26-27-20-34-28(23-11-3-6-18-33(23)39-34)19-32(27)38-30-16-5-2-10-22(30)25-14-8-17-31(36(25)38)37(29)35(24)26/h1-20H. The predicted octanol–water partition coefficient (Wildman–Crippen LogP) is 9.86. The second-order valence-electron chi connectivity index (χ2n) is 10.5. The predicted molar refractivity (Wildman–Crippen MR) is 163 cm³/mol. The number of fused-ring (bicyclic) bond motifs is 13. The van der Waals surface area contributed by atoms with E-state index in [-0.39, 0.29) is 0 Å². The fourth-order valence-electron chi connectivity index (χ4n) is 7.08. The second-order valence-corrected chi connectivity index (χ2v) is 10.5. The summed E-state index contributed by atoms with van der Waals surface area (Å²) in [7, 11) is 0. The fraction of sp³-hybridized carbons (Fsp3) is 0. The van der Waals surface area contributed by atoms with E-state index in [9.17, 15) is 0 Å². The average molecular weight is 497 g/mol. The van der Waals surface area contributed by atoms with Crippen molar-refractivity contribution in [3.8, 4) is 0 Å². The molecule has 10 rings (SSSR count). The highest BCUT2D eigenvalue weighted by molar-refractivity contribution is 6.25. The molecule has 0 aliphatic heterocycles. The number of nitrogens with zero attached hydrogens (tertiary/aromatic N) is 2. The van der Waals surface area contributed by atoms with E-state index in [0.717, 1.165) is 21.9 Å². The minimum absolute atomic E-state index is 0.913. The first kappa shape index (κ1) is 19.8. The maximum absolute atomic E-state index is 6.43. The molecule has 10 aromatic rings. The molecule has 6 aromatic carbocycles. The largest absolute Gasteiger partial charge is 0.456 e. The van der Waals surface area contributed by atoms with Crippen LogP contribution in [-0.4, -0.2) is 8.80 Å². The van der Waals surface area contributed by atoms with Gasteiger partial charge in [0.25, 0.3) is 0 Å². The lowest BCUT2D eigenvalue weighted by Gasteiger charge is -2.11. The van der Waals surface area contributed by atoms with Crippen molar-refractivity contribution in [2.45, 2.75) is 0 Å². The first-order valence-electron chi connectivity index (χ1n) is 13.4. The van der Waals surface area contributed by atoms with Crippen molar-refractivity contribution in [3.63, 3.8) is 0 Å². The van der Waals surface area contributed by atoms with Crippen LogP contribution >= 0.6 is 0 Å². The van der Waals surface area contributed by atoms with Gasteiger partial charge in [0.15, 0.2) is 0 Å². The van der Waals surface area contributed by atoms with Crippen LogP contribution in [-0.2, 0) is 0 Å². The highest BCUT2D eigenvalue weighted by Gasteiger charge is 2.20. The topological polar surface area (TPSA) is 22.0 Å². The van der Waals surface area contributed by atoms with Gasteiger partial charge in [-0.25, -0.2) is 0 Å². The van der Waals surface area contributed by atoms with Gasteiger partial charge in [0.1, 0.15) is 11.2 Å². The molecule has 0 N–H and O–H groups in total. The number of aromatic nitrogens is 2. The Morgan fingerprint density at radius 2 is 0.872 bits per heavy atom. The molecule has 0 atom stereocenters. The van der Waals surface area contributed by atoms with Crippen LogP contribution in [0.2, 0.25) is 0 Å². The molecule has 4 aromatic heterocycles. The smallest absolute Gasteiger partial charge is 0.136 e. The number of benzene rings is 6. The summed E-state index contributed by atoms with van der Waals surface area (Å²) < 4.78 is 11.4. The van der Waals surface area contributed by atoms with E-state index >= 15 is 0 Å². The maximum atomic E-state index is 6.43. The van der Waals surface area contributed by atoms with Crippen molar-refractivity contribution in [3.05, 3.63) is 121 Å². The molecule has 39 heavy (non-hydrogen) atoms. The van der Waals surface area contributed by atoms with Gasteiger partial charge in [-0.15, -0.1) is 0 Å². The molecule has 0 bridgehead atoms. The summed E-state index contributed by atoms with van der Waals surface area (Å²) >= 11 is 0. The summed E-state index contributed by atoms with van der Waals surface area (Å²) in [6.07, 6.45) is 0. The van der Waals surface area contributed by atoms with Crippen molar-refractivity contribution in [2.75, 3.05) is 0 Å². The summed E-state index contributed by atoms with van der Waals surface area (Å²) in [6.45, 7) is 0. The van der Waals surface area contributed by atoms with Crippen molar-refractivity contribution in [1.82, 2.24) is 8.80 Å². The van der Waals surface area contributed by atoms with E-state index in [1.807, 2.05) is 6.07 Å². The van der Waals surface area contributed by atoms with Gasteiger partial charge in [-0.3, -0.25) is 0 Å². The molecular formula is C36H20N2O. The van der Waals surface area contributed by atoms with Gasteiger partial charge in [-0.2, -0.15) is 0 Å². The van der Waals surface area contributed by atoms with Crippen molar-refractivity contribution < 1.29 is 4.42 Å². The second kappa shape index (κ2) is 6.77. The summed E-state index contributed by atoms with van der Waals surface area (Å²) in [6, 6.07) is 44.0. The van der Waals surface area contributed by atoms with Crippen LogP contribution in [0.4, 0.5) is 0 Å². The zero-order valence-corrected chi connectivity index (χ0v) is 20.8. The van der Waals surface area contributed by atoms with Crippen molar-refractivity contribution in [1.29, 1.82) is 0 Å². The Balaban J connectivity index is 1.67. The Hall–Kier alpha value is -5.28. The van der Waals surface area contributed by atoms with Gasteiger partial charge >= 0.3 is 0 Å². The first-order chi connectivity index (χ1) is 19.4. The highest BCUT2D eigenvalue weighted by atomic mass is 16.3. The molecule has 0 aliphatic rings. The Kier molecular flexibility index (Phi) is 3.44. The molecule has 3 nitrogen and oxygen atoms in total. The molecule has 0 radical (unpaired) electrons. The zero-order valence-electron chi connectivity index (χ0n) is 20.8. The summed E-state index contributed by atoms with van der Waals surface area (Å²) in [5.74, 6) is 0. The Morgan fingerprint density at radius 1 is 0.333 bits per heavy atom. The first-order valence-corrected chi connectivity index (χ1v) is 13.4. The van der Waals surface area contributed by atoms with E-state index < -0.39 is 0 Å². The van der Waals surface area contributed by atoms with Crippen LogP contribution < -0.4 is 0 Å². The van der Waals surface area contributed by atoms with Gasteiger partial charge in [0, 0.05) is 43.1 Å². The molecule has 0 amide bonds. The SMILES string of the molecule is c1ccc2c(c1)oc1cc3c4cccc5c6ccccc6n(c6cccc7c8ccccc8n(c3cc12)c76)c54. The fourth-order valence-corrected chi connectivity index (χ4v) is 7.08. The minimum atomic E-state index is 0.913. The normalized spacial score (nSPS) is 12.6. The van der Waals surface area contributed by atoms with Crippen molar-refractivity contribution in [2.24, 2.45) is 0 Å². The molecular weight excluding hydrogens is 476 g/mol. The van der Waals surface area contributed by atoms with Crippen LogP contribution in [0.1, 0.15) is 0 Å². The van der Waals surface area contributed by atoms with Gasteiger partial charge < -0.3 is 13.2 Å². The highest BCUT2D eigenvalue weighted by Crippen LogP contribution is 2.42. The Morgan fingerprint density at radius 3 is 1.64 bits per heavy atom. The van der Waals surface area contributed by atoms with Crippen LogP contribution in [0, 0.1) is 0 Å². The molecule has 3 heteroatoms. The molecule has 0 saturated heterocycles. The minimum Gasteiger partial charge on any atom is -0.456 e. The number of rotatable bonds is 0. The molecule has 0 saturated carbocycles. The van der Waals surface area contributed by atoms with Crippen LogP contribution in [0.5, 0.6) is 0 Å². The van der Waals surface area contributed by atoms with Gasteiger partial charge in [0.05, 0.1) is 33.1 Å². The number of hydrogen-bond donors (Lipinski definition) is 0. The Labute approximate surface area is 221 Å². The molecule has 0 aliphatic carbocycles. The third-order valence-corrected chi connectivity index (χ3v) is 8.64. The molecule has 0 spiro atoms. The number of para-hydroxylation sites is 5. The summed E-state index contributed by atoms with van der Waals surface area (Å²) in [5.41, 5.74) is 9.10. The van der Waals surface area contributed by atoms with Gasteiger partial charge in [-0.05, 0) is 36.4 Å². The van der Waals surface area contributed by atoms with E-state index in [0.29, 0.717) is 0 Å². The van der Waals surface area contributed by atoms with E-state index in [1.165, 1.54) is 65.4 Å². The lowest BCUT2D eigenvalue weighted by atomic mass is 10.0. The maximum Gasteiger partial charge on any atom is 0.136 e. The molecule has 0 unspecified atom stereocenters. The molecule has 180 valence electrons. The summed E-state index contributed by atoms with van der Waals surface area (Å²) in [5, 5.41) is 9.72. The van der Waals surface area contributed by atoms with E-state index in [2.05, 4.69) is 124 Å². The van der Waals surface area contributed by atoms with Gasteiger partial charge in [0.2, 0.25) is 0 Å². The third-order valence-electron chi connectivity index (χ3n) is 8.64. The van der Waals surface area contributed by atoms with Crippen LogP contribution in [0.15, 0.2) is 126 Å². The third kappa shape index (κ3) is 2.31.